The molecule has 0 spiro atoms. The zero-order valence-electron chi connectivity index (χ0n) is 75.7. The lowest BCUT2D eigenvalue weighted by atomic mass is 9.55. The number of benzene rings is 17. The minimum atomic E-state index is -0.0523. The van der Waals surface area contributed by atoms with Gasteiger partial charge in [0.1, 0.15) is 0 Å². The molecule has 6 aromatic heterocycles. The van der Waals surface area contributed by atoms with E-state index in [1.807, 2.05) is 94.7 Å². The number of para-hydroxylation sites is 4. The number of aromatic nitrogens is 5. The Hall–Kier alpha value is -14.0. The van der Waals surface area contributed by atoms with Gasteiger partial charge in [0, 0.05) is 116 Å². The first-order chi connectivity index (χ1) is 63.5. The molecule has 0 N–H and O–H groups in total. The molecule has 3 aliphatic rings. The molecule has 131 heavy (non-hydrogen) atoms. The molecule has 0 amide bonds. The fraction of sp³-hybridized carbons (Fsp3) is 0.146. The van der Waals surface area contributed by atoms with Gasteiger partial charge in [-0.2, -0.15) is 0 Å². The molecule has 0 unspecified atom stereocenters. The van der Waals surface area contributed by atoms with E-state index < -0.39 is 0 Å². The summed E-state index contributed by atoms with van der Waals surface area (Å²) in [6, 6.07) is 136. The van der Waals surface area contributed by atoms with Gasteiger partial charge >= 0.3 is 0 Å². The second kappa shape index (κ2) is 29.8. The van der Waals surface area contributed by atoms with Crippen molar-refractivity contribution in [2.75, 3.05) is 0 Å². The van der Waals surface area contributed by atoms with Gasteiger partial charge in [-0.1, -0.05) is 338 Å². The maximum atomic E-state index is 4.99. The van der Waals surface area contributed by atoms with Gasteiger partial charge in [0.2, 0.25) is 0 Å². The lowest BCUT2D eigenvalue weighted by Crippen LogP contribution is -2.43. The Morgan fingerprint density at radius 3 is 0.969 bits per heavy atom. The predicted octanol–water partition coefficient (Wildman–Crippen LogP) is 34.6. The third-order valence-electron chi connectivity index (χ3n) is 31.2. The average molecular weight is 1740 g/mol. The normalized spacial score (nSPS) is 15.1. The number of nitrogens with zero attached hydrogens (tertiary/aromatic N) is 5. The molecule has 17 aromatic carbocycles. The Labute approximate surface area is 776 Å². The minimum absolute atomic E-state index is 0.000608. The summed E-state index contributed by atoms with van der Waals surface area (Å²) in [6.07, 6.45) is 0. The van der Waals surface area contributed by atoms with Crippen LogP contribution in [0.5, 0.6) is 0 Å². The second-order valence-electron chi connectivity index (χ2n) is 39.3. The summed E-state index contributed by atoms with van der Waals surface area (Å²) in [5.74, 6) is 2.04. The molecule has 0 bridgehead atoms. The number of hydrogen-bond donors (Lipinski definition) is 0. The zero-order chi connectivity index (χ0) is 88.9. The minimum Gasteiger partial charge on any atom is -0.309 e. The summed E-state index contributed by atoms with van der Waals surface area (Å²) in [5.41, 5.74) is 32.2. The summed E-state index contributed by atoms with van der Waals surface area (Å²) in [5, 5.41) is 13.1. The number of rotatable bonds is 7. The van der Waals surface area contributed by atoms with Crippen molar-refractivity contribution in [3.8, 4) is 101 Å². The van der Waals surface area contributed by atoms with Gasteiger partial charge < -0.3 is 9.13 Å². The smallest absolute Gasteiger partial charge is 0.164 e. The summed E-state index contributed by atoms with van der Waals surface area (Å²) < 4.78 is 12.9. The first-order valence-corrected chi connectivity index (χ1v) is 48.3. The highest BCUT2D eigenvalue weighted by atomic mass is 32.1. The van der Waals surface area contributed by atoms with Crippen LogP contribution < -0.4 is 0 Å². The van der Waals surface area contributed by atoms with Crippen LogP contribution in [-0.4, -0.2) is 24.1 Å². The van der Waals surface area contributed by atoms with E-state index >= 15 is 0 Å². The molecular formula is C123H97N5S3. The van der Waals surface area contributed by atoms with E-state index in [-0.39, 0.29) is 32.5 Å². The summed E-state index contributed by atoms with van der Waals surface area (Å²) in [6.45, 7) is 28.9. The first kappa shape index (κ1) is 80.3. The number of hydrogen-bond acceptors (Lipinski definition) is 6. The van der Waals surface area contributed by atoms with Crippen molar-refractivity contribution in [3.05, 3.63) is 403 Å². The van der Waals surface area contributed by atoms with Crippen molar-refractivity contribution < 1.29 is 0 Å². The summed E-state index contributed by atoms with van der Waals surface area (Å²) in [7, 11) is 0. The number of fused-ring (bicyclic) bond motifs is 25. The second-order valence-corrected chi connectivity index (χ2v) is 42.6. The first-order valence-electron chi connectivity index (χ1n) is 45.8. The van der Waals surface area contributed by atoms with Crippen LogP contribution in [0, 0.1) is 0 Å². The van der Waals surface area contributed by atoms with Crippen molar-refractivity contribution in [1.29, 1.82) is 0 Å². The molecular weight excluding hydrogens is 1640 g/mol. The van der Waals surface area contributed by atoms with E-state index in [2.05, 4.69) is 402 Å². The van der Waals surface area contributed by atoms with Crippen molar-refractivity contribution in [1.82, 2.24) is 24.1 Å². The van der Waals surface area contributed by atoms with Crippen LogP contribution in [0.2, 0.25) is 0 Å². The van der Waals surface area contributed by atoms with E-state index in [4.69, 9.17) is 15.0 Å². The van der Waals surface area contributed by atoms with Crippen molar-refractivity contribution in [3.63, 3.8) is 0 Å². The third kappa shape index (κ3) is 12.3. The van der Waals surface area contributed by atoms with Crippen LogP contribution in [-0.2, 0) is 32.5 Å². The Morgan fingerprint density at radius 1 is 0.191 bits per heavy atom. The standard InChI is InChI=1S/2C42H33NS.C39H31N3S/c1-41(2)35-14-8-5-11-29(35)32-25-40-34(24-36(32)42(41,3)4)33-23-27(19-22-39(33)44-40)26-17-20-28(21-18-26)43-37-15-9-6-12-30(37)31-13-7-10-16-38(31)43;1-41(2)35-14-8-5-11-29(35)32-24-34-33-23-27(19-22-39(33)44-40(34)25-36(32)42(41,3)4)26-17-20-28(21-18-26)43-37-15-9-6-12-30(37)31-13-7-10-16-38(31)43;1-38(2)31-18-12-11-17-27(31)28-20-21-29-30-23-26(19-22-32(30)43-34(29)33(28)39(38,3)4)37-41-35(24-13-7-5-8-14-24)40-36(42-37)25-15-9-6-10-16-25/h2*5-25H,1-4H3;5-23H,1-4H3. The van der Waals surface area contributed by atoms with Crippen LogP contribution >= 0.6 is 34.0 Å². The molecule has 0 fully saturated rings. The van der Waals surface area contributed by atoms with Gasteiger partial charge in [0.25, 0.3) is 0 Å². The molecule has 3 aliphatic carbocycles. The van der Waals surface area contributed by atoms with Crippen molar-refractivity contribution in [2.24, 2.45) is 0 Å². The summed E-state index contributed by atoms with van der Waals surface area (Å²) >= 11 is 5.74. The molecule has 0 saturated carbocycles. The fourth-order valence-corrected chi connectivity index (χ4v) is 25.6. The van der Waals surface area contributed by atoms with Crippen LogP contribution in [0.1, 0.15) is 116 Å². The molecule has 0 saturated heterocycles. The maximum Gasteiger partial charge on any atom is 0.164 e. The fourth-order valence-electron chi connectivity index (χ4n) is 22.0. The van der Waals surface area contributed by atoms with E-state index in [0.29, 0.717) is 17.5 Å². The molecule has 632 valence electrons. The highest BCUT2D eigenvalue weighted by Crippen LogP contribution is 2.61. The zero-order valence-corrected chi connectivity index (χ0v) is 78.1. The Bertz CT molecular complexity index is 8470. The monoisotopic (exact) mass is 1740 g/mol. The average Bonchev–Trinajstić information content (AvgIpc) is 1.69. The van der Waals surface area contributed by atoms with E-state index in [1.54, 1.807) is 0 Å². The van der Waals surface area contributed by atoms with Gasteiger partial charge in [-0.25, -0.2) is 15.0 Å². The molecule has 6 heterocycles. The highest BCUT2D eigenvalue weighted by molar-refractivity contribution is 7.26. The predicted molar refractivity (Wildman–Crippen MR) is 562 cm³/mol. The highest BCUT2D eigenvalue weighted by Gasteiger charge is 2.49. The SMILES string of the molecule is CC1(C)c2ccccc2-c2cc3c(cc2C1(C)C)sc1ccc(-c2ccc(-n4c5ccccc5c5ccccc54)cc2)cc13.CC1(C)c2ccccc2-c2cc3sc4ccc(-c5ccc(-n6c7ccccc7c7ccccc76)cc5)cc4c3cc2C1(C)C.CC1(C)c2ccccc2-c2ccc3c(sc4ccc(-c5nc(-c6ccccc6)nc(-c6ccccc6)n5)cc43)c2C1(C)C. The molecule has 0 atom stereocenters. The van der Waals surface area contributed by atoms with Crippen LogP contribution in [0.3, 0.4) is 0 Å². The van der Waals surface area contributed by atoms with Crippen molar-refractivity contribution >= 4 is 138 Å². The van der Waals surface area contributed by atoms with Crippen LogP contribution in [0.4, 0.5) is 0 Å². The number of thiophene rings is 3. The molecule has 0 radical (unpaired) electrons. The van der Waals surface area contributed by atoms with Crippen LogP contribution in [0.15, 0.2) is 370 Å². The quantitative estimate of drug-likeness (QED) is 0.160. The van der Waals surface area contributed by atoms with Gasteiger partial charge in [0.15, 0.2) is 17.5 Å². The topological polar surface area (TPSA) is 48.5 Å². The molecule has 5 nitrogen and oxygen atoms in total. The third-order valence-corrected chi connectivity index (χ3v) is 34.7. The van der Waals surface area contributed by atoms with Gasteiger partial charge in [-0.15, -0.1) is 34.0 Å². The van der Waals surface area contributed by atoms with Crippen molar-refractivity contribution in [2.45, 2.75) is 116 Å². The Morgan fingerprint density at radius 2 is 0.511 bits per heavy atom. The molecule has 0 aliphatic heterocycles. The van der Waals surface area contributed by atoms with Gasteiger partial charge in [-0.05, 0) is 231 Å². The summed E-state index contributed by atoms with van der Waals surface area (Å²) in [4.78, 5) is 14.9. The van der Waals surface area contributed by atoms with Gasteiger partial charge in [0.05, 0.1) is 22.1 Å². The van der Waals surface area contributed by atoms with Gasteiger partial charge in [-0.3, -0.25) is 0 Å². The lowest BCUT2D eigenvalue weighted by molar-refractivity contribution is 0.299. The van der Waals surface area contributed by atoms with Crippen LogP contribution in [0.25, 0.3) is 205 Å². The Balaban J connectivity index is 0.000000109. The molecule has 23 aromatic rings. The van der Waals surface area contributed by atoms with E-state index in [0.717, 1.165) is 16.7 Å². The molecule has 26 rings (SSSR count). The Kier molecular flexibility index (Phi) is 18.3. The molecule has 8 heteroatoms. The van der Waals surface area contributed by atoms with E-state index in [1.165, 1.54) is 205 Å². The largest absolute Gasteiger partial charge is 0.309 e. The van der Waals surface area contributed by atoms with E-state index in [9.17, 15) is 0 Å². The maximum absolute atomic E-state index is 4.99. The lowest BCUT2D eigenvalue weighted by Gasteiger charge is -2.48.